The molecule has 0 fully saturated rings. The minimum atomic E-state index is -0.542. The third-order valence-corrected chi connectivity index (χ3v) is 4.67. The fourth-order valence-corrected chi connectivity index (χ4v) is 3.09. The summed E-state index contributed by atoms with van der Waals surface area (Å²) in [5.74, 6) is -0.467. The third-order valence-electron chi connectivity index (χ3n) is 4.67. The van der Waals surface area contributed by atoms with Gasteiger partial charge in [-0.2, -0.15) is 0 Å². The first-order valence-corrected chi connectivity index (χ1v) is 9.79. The van der Waals surface area contributed by atoms with Gasteiger partial charge in [-0.3, -0.25) is 28.1 Å². The van der Waals surface area contributed by atoms with Crippen LogP contribution in [0.5, 0.6) is 0 Å². The van der Waals surface area contributed by atoms with E-state index in [-0.39, 0.29) is 42.6 Å². The van der Waals surface area contributed by atoms with Crippen LogP contribution >= 0.6 is 0 Å². The Labute approximate surface area is 168 Å². The predicted octanol–water partition coefficient (Wildman–Crippen LogP) is 0.702. The van der Waals surface area contributed by atoms with Gasteiger partial charge in [-0.15, -0.1) is 0 Å². The highest BCUT2D eigenvalue weighted by molar-refractivity contribution is 5.81. The van der Waals surface area contributed by atoms with E-state index in [1.807, 2.05) is 27.7 Å². The Balaban J connectivity index is 2.16. The first-order valence-electron chi connectivity index (χ1n) is 9.79. The Bertz CT molecular complexity index is 997. The molecule has 2 heterocycles. The van der Waals surface area contributed by atoms with E-state index >= 15 is 0 Å². The third kappa shape index (κ3) is 4.93. The molecule has 0 radical (unpaired) electrons. The number of carbonyl (C=O) groups is 2. The summed E-state index contributed by atoms with van der Waals surface area (Å²) >= 11 is 0. The number of amides is 1. The van der Waals surface area contributed by atoms with Crippen LogP contribution in [-0.4, -0.2) is 48.6 Å². The molecule has 10 nitrogen and oxygen atoms in total. The number of hydrogen-bond donors (Lipinski definition) is 0. The molecular weight excluding hydrogens is 378 g/mol. The molecule has 0 aliphatic carbocycles. The summed E-state index contributed by atoms with van der Waals surface area (Å²) < 4.78 is 9.08. The van der Waals surface area contributed by atoms with Crippen LogP contribution in [0, 0.1) is 5.92 Å². The lowest BCUT2D eigenvalue weighted by Gasteiger charge is -2.18. The van der Waals surface area contributed by atoms with Crippen LogP contribution in [-0.2, 0) is 34.6 Å². The molecule has 0 N–H and O–H groups in total. The van der Waals surface area contributed by atoms with Crippen LogP contribution in [0.25, 0.3) is 11.2 Å². The molecule has 2 aromatic heterocycles. The predicted molar refractivity (Wildman–Crippen MR) is 107 cm³/mol. The summed E-state index contributed by atoms with van der Waals surface area (Å²) in [6.07, 6.45) is 1.40. The van der Waals surface area contributed by atoms with Crippen LogP contribution in [0.4, 0.5) is 0 Å². The molecule has 2 aromatic rings. The van der Waals surface area contributed by atoms with Crippen molar-refractivity contribution in [2.75, 3.05) is 13.1 Å². The summed E-state index contributed by atoms with van der Waals surface area (Å²) in [6.45, 7) is 9.05. The molecule has 0 saturated heterocycles. The molecule has 0 spiro atoms. The number of esters is 1. The van der Waals surface area contributed by atoms with E-state index in [9.17, 15) is 19.2 Å². The van der Waals surface area contributed by atoms with Crippen molar-refractivity contribution in [2.24, 2.45) is 13.0 Å². The van der Waals surface area contributed by atoms with Crippen LogP contribution < -0.4 is 11.2 Å². The number of fused-ring (bicyclic) bond motifs is 1. The van der Waals surface area contributed by atoms with E-state index < -0.39 is 17.2 Å². The molecule has 29 heavy (non-hydrogen) atoms. The number of rotatable bonds is 9. The quantitative estimate of drug-likeness (QED) is 0.566. The standard InChI is InChI=1S/C19H29N5O5/c1-6-22(7-2)14(25)8-9-15(26)29-12-23-11-20-17-16(23)18(27)21(5)19(28)24(17)10-13(3)4/h11,13H,6-10,12H2,1-5H3. The Morgan fingerprint density at radius 2 is 1.83 bits per heavy atom. The lowest BCUT2D eigenvalue weighted by Crippen LogP contribution is -2.39. The summed E-state index contributed by atoms with van der Waals surface area (Å²) in [7, 11) is 1.41. The molecule has 1 amide bonds. The van der Waals surface area contributed by atoms with E-state index in [1.54, 1.807) is 4.90 Å². The molecule has 0 unspecified atom stereocenters. The number of nitrogens with zero attached hydrogens (tertiary/aromatic N) is 5. The molecule has 10 heteroatoms. The molecule has 2 rings (SSSR count). The number of hydrogen-bond acceptors (Lipinski definition) is 6. The van der Waals surface area contributed by atoms with Gasteiger partial charge in [-0.1, -0.05) is 13.8 Å². The van der Waals surface area contributed by atoms with Crippen molar-refractivity contribution in [3.8, 4) is 0 Å². The first-order chi connectivity index (χ1) is 13.7. The maximum Gasteiger partial charge on any atom is 0.332 e. The van der Waals surface area contributed by atoms with Crippen LogP contribution in [0.1, 0.15) is 40.5 Å². The Hall–Kier alpha value is -2.91. The number of aromatic nitrogens is 4. The van der Waals surface area contributed by atoms with Gasteiger partial charge < -0.3 is 9.64 Å². The van der Waals surface area contributed by atoms with E-state index in [1.165, 1.54) is 22.5 Å². The number of imidazole rings is 1. The van der Waals surface area contributed by atoms with Crippen molar-refractivity contribution >= 4 is 23.0 Å². The molecule has 0 aliphatic rings. The molecule has 0 saturated carbocycles. The van der Waals surface area contributed by atoms with Gasteiger partial charge in [0.1, 0.15) is 6.33 Å². The van der Waals surface area contributed by atoms with Crippen LogP contribution in [0.2, 0.25) is 0 Å². The normalized spacial score (nSPS) is 11.2. The zero-order valence-corrected chi connectivity index (χ0v) is 17.7. The zero-order chi connectivity index (χ0) is 21.7. The minimum Gasteiger partial charge on any atom is -0.444 e. The summed E-state index contributed by atoms with van der Waals surface area (Å²) in [6, 6.07) is 0. The van der Waals surface area contributed by atoms with Gasteiger partial charge in [0.25, 0.3) is 5.56 Å². The molecular formula is C19H29N5O5. The highest BCUT2D eigenvalue weighted by Crippen LogP contribution is 2.09. The van der Waals surface area contributed by atoms with Gasteiger partial charge >= 0.3 is 11.7 Å². The Morgan fingerprint density at radius 1 is 1.17 bits per heavy atom. The second-order valence-electron chi connectivity index (χ2n) is 7.25. The van der Waals surface area contributed by atoms with Gasteiger partial charge in [-0.25, -0.2) is 9.78 Å². The zero-order valence-electron chi connectivity index (χ0n) is 17.7. The number of carbonyl (C=O) groups excluding carboxylic acids is 2. The average molecular weight is 407 g/mol. The van der Waals surface area contributed by atoms with Gasteiger partial charge in [-0.05, 0) is 19.8 Å². The highest BCUT2D eigenvalue weighted by atomic mass is 16.5. The maximum atomic E-state index is 12.6. The molecule has 0 atom stereocenters. The molecule has 160 valence electrons. The maximum absolute atomic E-state index is 12.6. The second kappa shape index (κ2) is 9.53. The molecule has 0 aliphatic heterocycles. The van der Waals surface area contributed by atoms with Crippen molar-refractivity contribution in [2.45, 2.75) is 53.8 Å². The van der Waals surface area contributed by atoms with Gasteiger partial charge in [0.15, 0.2) is 17.9 Å². The fraction of sp³-hybridized carbons (Fsp3) is 0.632. The van der Waals surface area contributed by atoms with Crippen molar-refractivity contribution in [3.05, 3.63) is 27.2 Å². The van der Waals surface area contributed by atoms with Crippen molar-refractivity contribution in [3.63, 3.8) is 0 Å². The number of ether oxygens (including phenoxy) is 1. The average Bonchev–Trinajstić information content (AvgIpc) is 3.11. The first kappa shape index (κ1) is 22.4. The van der Waals surface area contributed by atoms with Gasteiger partial charge in [0.2, 0.25) is 5.91 Å². The molecule has 0 bridgehead atoms. The summed E-state index contributed by atoms with van der Waals surface area (Å²) in [4.78, 5) is 54.8. The second-order valence-corrected chi connectivity index (χ2v) is 7.25. The van der Waals surface area contributed by atoms with E-state index in [0.29, 0.717) is 19.6 Å². The van der Waals surface area contributed by atoms with E-state index in [4.69, 9.17) is 4.74 Å². The van der Waals surface area contributed by atoms with Crippen molar-refractivity contribution in [1.82, 2.24) is 23.6 Å². The van der Waals surface area contributed by atoms with Gasteiger partial charge in [0, 0.05) is 33.1 Å². The topological polar surface area (TPSA) is 108 Å². The van der Waals surface area contributed by atoms with E-state index in [2.05, 4.69) is 4.98 Å². The summed E-state index contributed by atoms with van der Waals surface area (Å²) in [5.41, 5.74) is -0.483. The van der Waals surface area contributed by atoms with Crippen LogP contribution in [0.15, 0.2) is 15.9 Å². The Morgan fingerprint density at radius 3 is 2.41 bits per heavy atom. The summed E-state index contributed by atoms with van der Waals surface area (Å²) in [5, 5.41) is 0. The highest BCUT2D eigenvalue weighted by Gasteiger charge is 2.18. The minimum absolute atomic E-state index is 0.0436. The van der Waals surface area contributed by atoms with Gasteiger partial charge in [0.05, 0.1) is 6.42 Å². The monoisotopic (exact) mass is 407 g/mol. The van der Waals surface area contributed by atoms with Crippen LogP contribution in [0.3, 0.4) is 0 Å². The lowest BCUT2D eigenvalue weighted by atomic mass is 10.2. The van der Waals surface area contributed by atoms with Crippen molar-refractivity contribution < 1.29 is 14.3 Å². The molecule has 0 aromatic carbocycles. The van der Waals surface area contributed by atoms with E-state index in [0.717, 1.165) is 4.57 Å². The largest absolute Gasteiger partial charge is 0.444 e. The smallest absolute Gasteiger partial charge is 0.332 e. The van der Waals surface area contributed by atoms with Crippen molar-refractivity contribution in [1.29, 1.82) is 0 Å². The fourth-order valence-electron chi connectivity index (χ4n) is 3.09. The Kier molecular flexibility index (Phi) is 7.35. The lowest BCUT2D eigenvalue weighted by molar-refractivity contribution is -0.149. The SMILES string of the molecule is CCN(CC)C(=O)CCC(=O)OCn1cnc2c1c(=O)n(C)c(=O)n2CC(C)C.